The summed E-state index contributed by atoms with van der Waals surface area (Å²) in [5.74, 6) is -0.561. The summed E-state index contributed by atoms with van der Waals surface area (Å²) in [6, 6.07) is 14.2. The van der Waals surface area contributed by atoms with Gasteiger partial charge in [0.25, 0.3) is 0 Å². The minimum Gasteiger partial charge on any atom is -0.349 e. The van der Waals surface area contributed by atoms with Gasteiger partial charge in [-0.15, -0.1) is 0 Å². The van der Waals surface area contributed by atoms with Crippen LogP contribution in [0, 0.1) is 5.82 Å². The van der Waals surface area contributed by atoms with Crippen LogP contribution in [0.4, 0.5) is 4.39 Å². The quantitative estimate of drug-likeness (QED) is 0.898. The maximum absolute atomic E-state index is 13.6. The van der Waals surface area contributed by atoms with Crippen molar-refractivity contribution in [1.29, 1.82) is 0 Å². The van der Waals surface area contributed by atoms with Gasteiger partial charge in [0.1, 0.15) is 5.82 Å². The molecule has 1 N–H and O–H groups in total. The Bertz CT molecular complexity index is 601. The van der Waals surface area contributed by atoms with E-state index in [1.54, 1.807) is 12.1 Å². The molecule has 0 aliphatic rings. The Morgan fingerprint density at radius 2 is 1.95 bits per heavy atom. The van der Waals surface area contributed by atoms with E-state index in [4.69, 9.17) is 0 Å². The fourth-order valence-electron chi connectivity index (χ4n) is 1.97. The largest absolute Gasteiger partial charge is 0.349 e. The number of carbonyl (C=O) groups is 1. The van der Waals surface area contributed by atoms with Gasteiger partial charge in [-0.1, -0.05) is 46.3 Å². The van der Waals surface area contributed by atoms with Gasteiger partial charge in [-0.3, -0.25) is 4.79 Å². The van der Waals surface area contributed by atoms with Crippen LogP contribution >= 0.6 is 15.9 Å². The van der Waals surface area contributed by atoms with Crippen molar-refractivity contribution in [3.8, 4) is 0 Å². The number of rotatable bonds is 4. The first kappa shape index (κ1) is 14.7. The number of hydrogen-bond acceptors (Lipinski definition) is 1. The van der Waals surface area contributed by atoms with Gasteiger partial charge >= 0.3 is 0 Å². The number of halogens is 2. The number of hydrogen-bond donors (Lipinski definition) is 1. The van der Waals surface area contributed by atoms with Crippen molar-refractivity contribution >= 4 is 21.8 Å². The van der Waals surface area contributed by atoms with Gasteiger partial charge in [0, 0.05) is 4.47 Å². The summed E-state index contributed by atoms with van der Waals surface area (Å²) >= 11 is 3.28. The lowest BCUT2D eigenvalue weighted by Crippen LogP contribution is -2.28. The molecule has 0 aliphatic heterocycles. The van der Waals surface area contributed by atoms with Gasteiger partial charge in [-0.2, -0.15) is 0 Å². The Morgan fingerprint density at radius 1 is 1.25 bits per heavy atom. The minimum absolute atomic E-state index is 0.0302. The van der Waals surface area contributed by atoms with E-state index < -0.39 is 0 Å². The lowest BCUT2D eigenvalue weighted by atomic mass is 10.1. The summed E-state index contributed by atoms with van der Waals surface area (Å²) in [4.78, 5) is 12.0. The molecule has 2 rings (SSSR count). The summed E-state index contributed by atoms with van der Waals surface area (Å²) in [6.07, 6.45) is 0.0302. The zero-order chi connectivity index (χ0) is 14.5. The zero-order valence-corrected chi connectivity index (χ0v) is 12.7. The van der Waals surface area contributed by atoms with E-state index in [9.17, 15) is 9.18 Å². The van der Waals surface area contributed by atoms with E-state index in [1.807, 2.05) is 37.3 Å². The molecule has 4 heteroatoms. The van der Waals surface area contributed by atoms with E-state index >= 15 is 0 Å². The highest BCUT2D eigenvalue weighted by atomic mass is 79.9. The van der Waals surface area contributed by atoms with Crippen LogP contribution in [0.5, 0.6) is 0 Å². The Hall–Kier alpha value is -1.68. The van der Waals surface area contributed by atoms with Crippen molar-refractivity contribution < 1.29 is 9.18 Å². The van der Waals surface area contributed by atoms with Crippen molar-refractivity contribution in [2.24, 2.45) is 0 Å². The van der Waals surface area contributed by atoms with Crippen molar-refractivity contribution in [3.05, 3.63) is 69.9 Å². The van der Waals surface area contributed by atoms with Crippen molar-refractivity contribution in [2.75, 3.05) is 0 Å². The van der Waals surface area contributed by atoms with Crippen LogP contribution in [-0.4, -0.2) is 5.91 Å². The summed E-state index contributed by atoms with van der Waals surface area (Å²) in [7, 11) is 0. The van der Waals surface area contributed by atoms with Gasteiger partial charge in [-0.25, -0.2) is 4.39 Å². The summed E-state index contributed by atoms with van der Waals surface area (Å²) in [5.41, 5.74) is 1.41. The highest BCUT2D eigenvalue weighted by molar-refractivity contribution is 9.10. The molecule has 2 aromatic rings. The van der Waals surface area contributed by atoms with Crippen molar-refractivity contribution in [2.45, 2.75) is 19.4 Å². The monoisotopic (exact) mass is 335 g/mol. The van der Waals surface area contributed by atoms with Crippen LogP contribution in [0.25, 0.3) is 0 Å². The molecular weight excluding hydrogens is 321 g/mol. The maximum atomic E-state index is 13.6. The normalized spacial score (nSPS) is 11.9. The predicted molar refractivity (Wildman–Crippen MR) is 80.8 cm³/mol. The molecule has 0 bridgehead atoms. The molecule has 0 heterocycles. The number of amides is 1. The molecule has 1 amide bonds. The van der Waals surface area contributed by atoms with Crippen LogP contribution in [0.3, 0.4) is 0 Å². The number of benzene rings is 2. The SMILES string of the molecule is CC(NC(=O)Cc1cc(Br)ccc1F)c1ccccc1. The zero-order valence-electron chi connectivity index (χ0n) is 11.1. The standard InChI is InChI=1S/C16H15BrFNO/c1-11(12-5-3-2-4-6-12)19-16(20)10-13-9-14(17)7-8-15(13)18/h2-9,11H,10H2,1H3,(H,19,20). The molecule has 2 nitrogen and oxygen atoms in total. The third-order valence-corrected chi connectivity index (χ3v) is 3.53. The van der Waals surface area contributed by atoms with Gasteiger partial charge in [-0.05, 0) is 36.2 Å². The molecule has 0 aliphatic carbocycles. The first-order valence-electron chi connectivity index (χ1n) is 6.34. The molecule has 0 saturated heterocycles. The summed E-state index contributed by atoms with van der Waals surface area (Å²) < 4.78 is 14.4. The lowest BCUT2D eigenvalue weighted by Gasteiger charge is -2.14. The highest BCUT2D eigenvalue weighted by Crippen LogP contribution is 2.17. The van der Waals surface area contributed by atoms with Gasteiger partial charge in [0.2, 0.25) is 5.91 Å². The van der Waals surface area contributed by atoms with Crippen molar-refractivity contribution in [1.82, 2.24) is 5.32 Å². The number of carbonyl (C=O) groups excluding carboxylic acids is 1. The molecule has 0 fully saturated rings. The minimum atomic E-state index is -0.365. The first-order valence-corrected chi connectivity index (χ1v) is 7.14. The van der Waals surface area contributed by atoms with Crippen LogP contribution < -0.4 is 5.32 Å². The summed E-state index contributed by atoms with van der Waals surface area (Å²) in [6.45, 7) is 1.91. The van der Waals surface area contributed by atoms with Crippen LogP contribution in [0.2, 0.25) is 0 Å². The van der Waals surface area contributed by atoms with Crippen LogP contribution in [0.1, 0.15) is 24.1 Å². The van der Waals surface area contributed by atoms with Crippen LogP contribution in [0.15, 0.2) is 53.0 Å². The predicted octanol–water partition coefficient (Wildman–Crippen LogP) is 4.01. The lowest BCUT2D eigenvalue weighted by molar-refractivity contribution is -0.121. The Kier molecular flexibility index (Phi) is 4.90. The molecule has 0 radical (unpaired) electrons. The Labute approximate surface area is 126 Å². The molecule has 0 aromatic heterocycles. The second-order valence-electron chi connectivity index (χ2n) is 4.61. The fourth-order valence-corrected chi connectivity index (χ4v) is 2.38. The highest BCUT2D eigenvalue weighted by Gasteiger charge is 2.12. The Morgan fingerprint density at radius 3 is 2.65 bits per heavy atom. The molecule has 0 saturated carbocycles. The number of nitrogens with one attached hydrogen (secondary N) is 1. The molecule has 0 spiro atoms. The van der Waals surface area contributed by atoms with Gasteiger partial charge in [0.15, 0.2) is 0 Å². The molecule has 20 heavy (non-hydrogen) atoms. The van der Waals surface area contributed by atoms with Crippen LogP contribution in [-0.2, 0) is 11.2 Å². The molecule has 1 unspecified atom stereocenters. The third kappa shape index (κ3) is 3.90. The average Bonchev–Trinajstić information content (AvgIpc) is 2.43. The topological polar surface area (TPSA) is 29.1 Å². The maximum Gasteiger partial charge on any atom is 0.225 e. The van der Waals surface area contributed by atoms with Crippen molar-refractivity contribution in [3.63, 3.8) is 0 Å². The van der Waals surface area contributed by atoms with Gasteiger partial charge in [0.05, 0.1) is 12.5 Å². The smallest absolute Gasteiger partial charge is 0.225 e. The molecule has 1 atom stereocenters. The molecule has 2 aromatic carbocycles. The van der Waals surface area contributed by atoms with E-state index in [-0.39, 0.29) is 24.2 Å². The summed E-state index contributed by atoms with van der Waals surface area (Å²) in [5, 5.41) is 2.87. The average molecular weight is 336 g/mol. The second kappa shape index (κ2) is 6.66. The van der Waals surface area contributed by atoms with E-state index in [0.717, 1.165) is 10.0 Å². The van der Waals surface area contributed by atoms with Gasteiger partial charge < -0.3 is 5.32 Å². The first-order chi connectivity index (χ1) is 9.56. The van der Waals surface area contributed by atoms with E-state index in [0.29, 0.717) is 5.56 Å². The Balaban J connectivity index is 2.01. The third-order valence-electron chi connectivity index (χ3n) is 3.04. The molecular formula is C16H15BrFNO. The molecule has 104 valence electrons. The second-order valence-corrected chi connectivity index (χ2v) is 5.53. The van der Waals surface area contributed by atoms with E-state index in [2.05, 4.69) is 21.2 Å². The fraction of sp³-hybridized carbons (Fsp3) is 0.188. The van der Waals surface area contributed by atoms with E-state index in [1.165, 1.54) is 6.07 Å².